The number of carbonyl (C=O) groups is 1. The minimum atomic E-state index is -0.396. The zero-order valence-corrected chi connectivity index (χ0v) is 14.0. The molecule has 0 bridgehead atoms. The predicted octanol–water partition coefficient (Wildman–Crippen LogP) is 4.32. The minimum absolute atomic E-state index is 0.280. The van der Waals surface area contributed by atoms with Crippen molar-refractivity contribution in [2.45, 2.75) is 6.92 Å². The van der Waals surface area contributed by atoms with E-state index in [0.717, 1.165) is 22.4 Å². The quantitative estimate of drug-likeness (QED) is 0.580. The molecule has 0 aliphatic carbocycles. The number of benzene rings is 2. The molecule has 0 aliphatic rings. The largest absolute Gasteiger partial charge is 0.337 e. The smallest absolute Gasteiger partial charge is 0.255 e. The number of aromatic amines is 1. The molecule has 2 N–H and O–H groups in total. The van der Waals surface area contributed by atoms with Gasteiger partial charge in [0.25, 0.3) is 5.91 Å². The van der Waals surface area contributed by atoms with Crippen molar-refractivity contribution in [2.24, 2.45) is 0 Å². The fourth-order valence-electron chi connectivity index (χ4n) is 2.64. The fourth-order valence-corrected chi connectivity index (χ4v) is 2.64. The van der Waals surface area contributed by atoms with Crippen molar-refractivity contribution in [3.05, 3.63) is 77.9 Å². The Kier molecular flexibility index (Phi) is 3.93. The van der Waals surface area contributed by atoms with E-state index < -0.39 is 5.82 Å². The van der Waals surface area contributed by atoms with Gasteiger partial charge in [-0.05, 0) is 55.0 Å². The van der Waals surface area contributed by atoms with Crippen LogP contribution in [0.3, 0.4) is 0 Å². The van der Waals surface area contributed by atoms with Gasteiger partial charge >= 0.3 is 0 Å². The molecule has 128 valence electrons. The Bertz CT molecular complexity index is 1070. The molecule has 0 radical (unpaired) electrons. The van der Waals surface area contributed by atoms with E-state index in [4.69, 9.17) is 0 Å². The lowest BCUT2D eigenvalue weighted by molar-refractivity contribution is 0.102. The monoisotopic (exact) mass is 346 g/mol. The molecular weight excluding hydrogens is 331 g/mol. The second-order valence-electron chi connectivity index (χ2n) is 5.97. The summed E-state index contributed by atoms with van der Waals surface area (Å²) < 4.78 is 13.6. The van der Waals surface area contributed by atoms with Crippen LogP contribution in [0.15, 0.2) is 60.9 Å². The van der Waals surface area contributed by atoms with E-state index in [1.54, 1.807) is 43.6 Å². The molecule has 0 saturated heterocycles. The van der Waals surface area contributed by atoms with Crippen LogP contribution in [0.25, 0.3) is 22.4 Å². The van der Waals surface area contributed by atoms with Gasteiger partial charge in [-0.1, -0.05) is 6.07 Å². The van der Waals surface area contributed by atoms with Crippen LogP contribution in [-0.4, -0.2) is 20.9 Å². The van der Waals surface area contributed by atoms with Gasteiger partial charge in [0.1, 0.15) is 11.6 Å². The Labute approximate surface area is 148 Å². The predicted molar refractivity (Wildman–Crippen MR) is 98.4 cm³/mol. The molecule has 0 unspecified atom stereocenters. The van der Waals surface area contributed by atoms with Gasteiger partial charge in [-0.25, -0.2) is 9.37 Å². The normalized spacial score (nSPS) is 10.8. The van der Waals surface area contributed by atoms with Gasteiger partial charge in [-0.15, -0.1) is 0 Å². The lowest BCUT2D eigenvalue weighted by atomic mass is 10.1. The Hall–Kier alpha value is -3.54. The summed E-state index contributed by atoms with van der Waals surface area (Å²) in [4.78, 5) is 24.0. The first-order chi connectivity index (χ1) is 12.6. The van der Waals surface area contributed by atoms with Crippen molar-refractivity contribution in [2.75, 3.05) is 5.32 Å². The first-order valence-electron chi connectivity index (χ1n) is 8.08. The Morgan fingerprint density at radius 2 is 1.92 bits per heavy atom. The summed E-state index contributed by atoms with van der Waals surface area (Å²) in [5.41, 5.74) is 4.00. The number of fused-ring (bicyclic) bond motifs is 1. The van der Waals surface area contributed by atoms with Gasteiger partial charge in [0, 0.05) is 23.0 Å². The Balaban J connectivity index is 1.53. The molecule has 1 amide bonds. The van der Waals surface area contributed by atoms with Crippen molar-refractivity contribution in [3.63, 3.8) is 0 Å². The average molecular weight is 346 g/mol. The number of hydrogen-bond donors (Lipinski definition) is 2. The number of aryl methyl sites for hydroxylation is 1. The average Bonchev–Trinajstić information content (AvgIpc) is 3.08. The second kappa shape index (κ2) is 6.40. The molecule has 0 aliphatic heterocycles. The highest BCUT2D eigenvalue weighted by Crippen LogP contribution is 2.22. The number of carbonyl (C=O) groups excluding carboxylic acids is 1. The van der Waals surface area contributed by atoms with Crippen LogP contribution in [0.4, 0.5) is 10.1 Å². The molecule has 0 fully saturated rings. The van der Waals surface area contributed by atoms with E-state index in [1.807, 2.05) is 18.2 Å². The SMILES string of the molecule is Cc1ccc(C(=O)Nc2ccc(-c3nc4ccncc4[nH]3)cc2)cc1F. The van der Waals surface area contributed by atoms with Crippen LogP contribution < -0.4 is 5.32 Å². The highest BCUT2D eigenvalue weighted by Gasteiger charge is 2.09. The topological polar surface area (TPSA) is 70.7 Å². The first kappa shape index (κ1) is 16.0. The summed E-state index contributed by atoms with van der Waals surface area (Å²) in [6, 6.07) is 13.5. The molecule has 2 aromatic heterocycles. The van der Waals surface area contributed by atoms with Gasteiger partial charge in [0.05, 0.1) is 17.2 Å². The van der Waals surface area contributed by atoms with Crippen molar-refractivity contribution >= 4 is 22.6 Å². The van der Waals surface area contributed by atoms with Gasteiger partial charge < -0.3 is 10.3 Å². The molecule has 26 heavy (non-hydrogen) atoms. The highest BCUT2D eigenvalue weighted by molar-refractivity contribution is 6.04. The number of pyridine rings is 1. The van der Waals surface area contributed by atoms with E-state index in [0.29, 0.717) is 11.3 Å². The zero-order valence-electron chi connectivity index (χ0n) is 14.0. The summed E-state index contributed by atoms with van der Waals surface area (Å²) in [6.07, 6.45) is 3.42. The van der Waals surface area contributed by atoms with Crippen LogP contribution >= 0.6 is 0 Å². The molecule has 6 heteroatoms. The number of halogens is 1. The van der Waals surface area contributed by atoms with E-state index >= 15 is 0 Å². The fraction of sp³-hybridized carbons (Fsp3) is 0.0500. The zero-order chi connectivity index (χ0) is 18.1. The molecule has 5 nitrogen and oxygen atoms in total. The standard InChI is InChI=1S/C20H15FN4O/c1-12-2-3-14(10-16(12)21)20(26)23-15-6-4-13(5-7-15)19-24-17-8-9-22-11-18(17)25-19/h2-11H,1H3,(H,23,26)(H,24,25). The maximum Gasteiger partial charge on any atom is 0.255 e. The first-order valence-corrected chi connectivity index (χ1v) is 8.08. The molecule has 2 aromatic carbocycles. The van der Waals surface area contributed by atoms with Crippen LogP contribution in [-0.2, 0) is 0 Å². The lowest BCUT2D eigenvalue weighted by Crippen LogP contribution is -2.12. The number of rotatable bonds is 3. The number of nitrogens with one attached hydrogen (secondary N) is 2. The van der Waals surface area contributed by atoms with Crippen LogP contribution in [0.2, 0.25) is 0 Å². The summed E-state index contributed by atoms with van der Waals surface area (Å²) in [6.45, 7) is 1.66. The highest BCUT2D eigenvalue weighted by atomic mass is 19.1. The Morgan fingerprint density at radius 1 is 1.12 bits per heavy atom. The molecule has 4 rings (SSSR count). The molecular formula is C20H15FN4O. The third kappa shape index (κ3) is 3.04. The summed E-state index contributed by atoms with van der Waals surface area (Å²) in [5, 5.41) is 2.76. The third-order valence-corrected chi connectivity index (χ3v) is 4.13. The summed E-state index contributed by atoms with van der Waals surface area (Å²) in [7, 11) is 0. The number of hydrogen-bond acceptors (Lipinski definition) is 3. The van der Waals surface area contributed by atoms with Crippen LogP contribution in [0.5, 0.6) is 0 Å². The van der Waals surface area contributed by atoms with Crippen molar-refractivity contribution < 1.29 is 9.18 Å². The van der Waals surface area contributed by atoms with Gasteiger partial charge in [-0.2, -0.15) is 0 Å². The van der Waals surface area contributed by atoms with Crippen LogP contribution in [0, 0.1) is 12.7 Å². The lowest BCUT2D eigenvalue weighted by Gasteiger charge is -2.07. The van der Waals surface area contributed by atoms with Gasteiger partial charge in [-0.3, -0.25) is 9.78 Å². The maximum absolute atomic E-state index is 13.6. The Morgan fingerprint density at radius 3 is 2.65 bits per heavy atom. The second-order valence-corrected chi connectivity index (χ2v) is 5.97. The number of amides is 1. The molecule has 0 spiro atoms. The van der Waals surface area contributed by atoms with E-state index in [-0.39, 0.29) is 11.5 Å². The van der Waals surface area contributed by atoms with E-state index in [9.17, 15) is 9.18 Å². The third-order valence-electron chi connectivity index (χ3n) is 4.13. The summed E-state index contributed by atoms with van der Waals surface area (Å²) >= 11 is 0. The van der Waals surface area contributed by atoms with Gasteiger partial charge in [0.15, 0.2) is 0 Å². The van der Waals surface area contributed by atoms with E-state index in [1.165, 1.54) is 6.07 Å². The molecule has 0 saturated carbocycles. The molecule has 0 atom stereocenters. The van der Waals surface area contributed by atoms with Crippen molar-refractivity contribution in [1.82, 2.24) is 15.0 Å². The van der Waals surface area contributed by atoms with Crippen LogP contribution in [0.1, 0.15) is 15.9 Å². The number of aromatic nitrogens is 3. The van der Waals surface area contributed by atoms with E-state index in [2.05, 4.69) is 20.3 Å². The van der Waals surface area contributed by atoms with Crippen molar-refractivity contribution in [1.29, 1.82) is 0 Å². The molecule has 2 heterocycles. The summed E-state index contributed by atoms with van der Waals surface area (Å²) in [5.74, 6) is -0.0229. The van der Waals surface area contributed by atoms with Crippen molar-refractivity contribution in [3.8, 4) is 11.4 Å². The van der Waals surface area contributed by atoms with Gasteiger partial charge in [0.2, 0.25) is 0 Å². The molecule has 4 aromatic rings. The number of H-pyrrole nitrogens is 1. The minimum Gasteiger partial charge on any atom is -0.337 e. The number of nitrogens with zero attached hydrogens (tertiary/aromatic N) is 2. The number of imidazole rings is 1. The maximum atomic E-state index is 13.6. The number of anilines is 1.